The Morgan fingerprint density at radius 3 is 2.68 bits per heavy atom. The first-order valence-corrected chi connectivity index (χ1v) is 6.59. The Morgan fingerprint density at radius 2 is 2.00 bits per heavy atom. The number of rotatable bonds is 2. The van der Waals surface area contributed by atoms with E-state index in [0.29, 0.717) is 16.3 Å². The van der Waals surface area contributed by atoms with Gasteiger partial charge in [0.25, 0.3) is 5.91 Å². The maximum absolute atomic E-state index is 12.1. The molecule has 1 amide bonds. The van der Waals surface area contributed by atoms with E-state index in [9.17, 15) is 4.79 Å². The summed E-state index contributed by atoms with van der Waals surface area (Å²) in [6.45, 7) is 3.60. The third-order valence-corrected chi connectivity index (χ3v) is 3.31. The smallest absolute Gasteiger partial charge is 0.259 e. The van der Waals surface area contributed by atoms with Crippen LogP contribution in [0.25, 0.3) is 0 Å². The number of hydrogen-bond acceptors (Lipinski definition) is 4. The minimum atomic E-state index is -0.378. The van der Waals surface area contributed by atoms with Crippen molar-refractivity contribution in [3.63, 3.8) is 0 Å². The van der Waals surface area contributed by atoms with Gasteiger partial charge < -0.3 is 0 Å². The Labute approximate surface area is 123 Å². The molecule has 19 heavy (non-hydrogen) atoms. The molecule has 2 aromatic rings. The van der Waals surface area contributed by atoms with Crippen molar-refractivity contribution in [2.24, 2.45) is 0 Å². The number of aromatic nitrogens is 3. The third kappa shape index (κ3) is 3.27. The van der Waals surface area contributed by atoms with Crippen molar-refractivity contribution in [3.8, 4) is 0 Å². The maximum Gasteiger partial charge on any atom is 0.259 e. The molecule has 0 fully saturated rings. The van der Waals surface area contributed by atoms with Crippen LogP contribution in [-0.2, 0) is 0 Å². The van der Waals surface area contributed by atoms with Gasteiger partial charge in [-0.25, -0.2) is 4.98 Å². The molecule has 0 spiro atoms. The Balaban J connectivity index is 2.25. The topological polar surface area (TPSA) is 67.8 Å². The predicted octanol–water partition coefficient (Wildman–Crippen LogP) is 3.16. The number of nitrogens with one attached hydrogen (secondary N) is 1. The number of carbonyl (C=O) groups is 1. The van der Waals surface area contributed by atoms with Crippen molar-refractivity contribution in [1.82, 2.24) is 15.2 Å². The summed E-state index contributed by atoms with van der Waals surface area (Å²) in [5, 5.41) is 10.6. The molecule has 0 aliphatic rings. The highest BCUT2D eigenvalue weighted by atomic mass is 79.9. The lowest BCUT2D eigenvalue weighted by Crippen LogP contribution is -2.16. The van der Waals surface area contributed by atoms with Crippen LogP contribution in [0.1, 0.15) is 21.7 Å². The Kier molecular flexibility index (Phi) is 4.11. The van der Waals surface area contributed by atoms with Gasteiger partial charge in [0.15, 0.2) is 0 Å². The van der Waals surface area contributed by atoms with E-state index in [4.69, 9.17) is 11.6 Å². The van der Waals surface area contributed by atoms with E-state index in [1.807, 2.05) is 0 Å². The number of amides is 1. The molecule has 0 bridgehead atoms. The Bertz CT molecular complexity index is 648. The molecule has 0 unspecified atom stereocenters. The molecule has 98 valence electrons. The summed E-state index contributed by atoms with van der Waals surface area (Å²) in [4.78, 5) is 16.2. The van der Waals surface area contributed by atoms with Gasteiger partial charge >= 0.3 is 0 Å². The number of aryl methyl sites for hydroxylation is 2. The SMILES string of the molecule is Cc1nnc(NC(=O)c2cc(Br)ccc2Cl)nc1C. The number of carbonyl (C=O) groups excluding carboxylic acids is 1. The molecule has 5 nitrogen and oxygen atoms in total. The van der Waals surface area contributed by atoms with Gasteiger partial charge in [0.1, 0.15) is 0 Å². The van der Waals surface area contributed by atoms with Gasteiger partial charge in [-0.3, -0.25) is 10.1 Å². The maximum atomic E-state index is 12.1. The second kappa shape index (κ2) is 5.63. The predicted molar refractivity (Wildman–Crippen MR) is 76.4 cm³/mol. The van der Waals surface area contributed by atoms with Crippen LogP contribution in [0, 0.1) is 13.8 Å². The quantitative estimate of drug-likeness (QED) is 0.911. The molecular formula is C12H10BrClN4O. The second-order valence-electron chi connectivity index (χ2n) is 3.88. The zero-order valence-corrected chi connectivity index (χ0v) is 12.6. The summed E-state index contributed by atoms with van der Waals surface area (Å²) >= 11 is 9.26. The van der Waals surface area contributed by atoms with Gasteiger partial charge in [-0.15, -0.1) is 5.10 Å². The molecule has 0 aliphatic carbocycles. The first-order chi connectivity index (χ1) is 8.97. The van der Waals surface area contributed by atoms with E-state index in [2.05, 4.69) is 36.4 Å². The average Bonchev–Trinajstić information content (AvgIpc) is 2.36. The van der Waals surface area contributed by atoms with Gasteiger partial charge in [-0.2, -0.15) is 5.10 Å². The van der Waals surface area contributed by atoms with Crippen LogP contribution in [0.5, 0.6) is 0 Å². The highest BCUT2D eigenvalue weighted by molar-refractivity contribution is 9.10. The molecular weight excluding hydrogens is 332 g/mol. The fourth-order valence-corrected chi connectivity index (χ4v) is 1.91. The minimum Gasteiger partial charge on any atom is -0.289 e. The molecule has 1 heterocycles. The van der Waals surface area contributed by atoms with E-state index in [1.165, 1.54) is 0 Å². The van der Waals surface area contributed by atoms with Gasteiger partial charge in [0, 0.05) is 4.47 Å². The number of anilines is 1. The zero-order valence-electron chi connectivity index (χ0n) is 10.2. The molecule has 0 saturated carbocycles. The van der Waals surface area contributed by atoms with Gasteiger partial charge in [-0.1, -0.05) is 27.5 Å². The monoisotopic (exact) mass is 340 g/mol. The molecule has 0 saturated heterocycles. The standard InChI is InChI=1S/C12H10BrClN4O/c1-6-7(2)17-18-12(15-6)16-11(19)9-5-8(13)3-4-10(9)14/h3-5H,1-2H3,(H,15,16,18,19). The van der Waals surface area contributed by atoms with Crippen LogP contribution in [0.2, 0.25) is 5.02 Å². The van der Waals surface area contributed by atoms with Crippen LogP contribution in [0.15, 0.2) is 22.7 Å². The van der Waals surface area contributed by atoms with Crippen LogP contribution < -0.4 is 5.32 Å². The number of nitrogens with zero attached hydrogens (tertiary/aromatic N) is 3. The number of hydrogen-bond donors (Lipinski definition) is 1. The Morgan fingerprint density at radius 1 is 1.26 bits per heavy atom. The summed E-state index contributed by atoms with van der Waals surface area (Å²) in [5.41, 5.74) is 1.78. The zero-order chi connectivity index (χ0) is 14.0. The van der Waals surface area contributed by atoms with E-state index in [0.717, 1.165) is 10.2 Å². The van der Waals surface area contributed by atoms with E-state index in [-0.39, 0.29) is 11.9 Å². The fourth-order valence-electron chi connectivity index (χ4n) is 1.35. The minimum absolute atomic E-state index is 0.157. The lowest BCUT2D eigenvalue weighted by Gasteiger charge is -2.06. The molecule has 7 heteroatoms. The van der Waals surface area contributed by atoms with Crippen molar-refractivity contribution in [2.75, 3.05) is 5.32 Å². The fraction of sp³-hybridized carbons (Fsp3) is 0.167. The molecule has 0 aliphatic heterocycles. The summed E-state index contributed by atoms with van der Waals surface area (Å²) < 4.78 is 0.765. The number of benzene rings is 1. The van der Waals surface area contributed by atoms with Crippen LogP contribution in [-0.4, -0.2) is 21.1 Å². The van der Waals surface area contributed by atoms with Crippen molar-refractivity contribution < 1.29 is 4.79 Å². The summed E-state index contributed by atoms with van der Waals surface area (Å²) in [6, 6.07) is 5.03. The molecule has 0 radical (unpaired) electrons. The van der Waals surface area contributed by atoms with E-state index >= 15 is 0 Å². The summed E-state index contributed by atoms with van der Waals surface area (Å²) in [7, 11) is 0. The summed E-state index contributed by atoms with van der Waals surface area (Å²) in [5.74, 6) is -0.222. The third-order valence-electron chi connectivity index (χ3n) is 2.49. The van der Waals surface area contributed by atoms with Crippen molar-refractivity contribution in [2.45, 2.75) is 13.8 Å². The van der Waals surface area contributed by atoms with Crippen LogP contribution in [0.4, 0.5) is 5.95 Å². The lowest BCUT2D eigenvalue weighted by atomic mass is 10.2. The lowest BCUT2D eigenvalue weighted by molar-refractivity contribution is 0.102. The highest BCUT2D eigenvalue weighted by Gasteiger charge is 2.13. The van der Waals surface area contributed by atoms with Crippen molar-refractivity contribution in [1.29, 1.82) is 0 Å². The molecule has 1 N–H and O–H groups in total. The average molecular weight is 342 g/mol. The van der Waals surface area contributed by atoms with Crippen molar-refractivity contribution in [3.05, 3.63) is 44.6 Å². The Hall–Kier alpha value is -1.53. The molecule has 1 aromatic carbocycles. The summed E-state index contributed by atoms with van der Waals surface area (Å²) in [6.07, 6.45) is 0. The van der Waals surface area contributed by atoms with Crippen LogP contribution in [0.3, 0.4) is 0 Å². The van der Waals surface area contributed by atoms with Gasteiger partial charge in [0.2, 0.25) is 5.95 Å². The molecule has 2 rings (SSSR count). The van der Waals surface area contributed by atoms with E-state index < -0.39 is 0 Å². The first-order valence-electron chi connectivity index (χ1n) is 5.41. The number of halogens is 2. The van der Waals surface area contributed by atoms with Gasteiger partial charge in [0.05, 0.1) is 22.0 Å². The van der Waals surface area contributed by atoms with Gasteiger partial charge in [-0.05, 0) is 32.0 Å². The first kappa shape index (κ1) is 13.9. The largest absolute Gasteiger partial charge is 0.289 e. The molecule has 1 aromatic heterocycles. The normalized spacial score (nSPS) is 10.3. The highest BCUT2D eigenvalue weighted by Crippen LogP contribution is 2.21. The van der Waals surface area contributed by atoms with Crippen LogP contribution >= 0.6 is 27.5 Å². The van der Waals surface area contributed by atoms with E-state index in [1.54, 1.807) is 32.0 Å². The second-order valence-corrected chi connectivity index (χ2v) is 5.21. The van der Waals surface area contributed by atoms with Crippen molar-refractivity contribution >= 4 is 39.4 Å². The molecule has 0 atom stereocenters.